The van der Waals surface area contributed by atoms with Gasteiger partial charge in [0.25, 0.3) is 0 Å². The Labute approximate surface area is 157 Å². The van der Waals surface area contributed by atoms with Gasteiger partial charge in [-0.05, 0) is 43.2 Å². The van der Waals surface area contributed by atoms with Gasteiger partial charge in [-0.15, -0.1) is 0 Å². The number of aromatic nitrogens is 3. The Morgan fingerprint density at radius 2 is 1.93 bits per heavy atom. The van der Waals surface area contributed by atoms with Crippen molar-refractivity contribution in [2.45, 2.75) is 32.4 Å². The van der Waals surface area contributed by atoms with Gasteiger partial charge < -0.3 is 14.8 Å². The summed E-state index contributed by atoms with van der Waals surface area (Å²) < 4.78 is 3.91. The van der Waals surface area contributed by atoms with Crippen molar-refractivity contribution in [1.82, 2.24) is 19.2 Å². The average molecular weight is 365 g/mol. The molecule has 0 spiro atoms. The summed E-state index contributed by atoms with van der Waals surface area (Å²) in [6, 6.07) is 10.1. The summed E-state index contributed by atoms with van der Waals surface area (Å²) in [4.78, 5) is 25.8. The van der Waals surface area contributed by atoms with Gasteiger partial charge in [0.05, 0.1) is 5.52 Å². The van der Waals surface area contributed by atoms with Gasteiger partial charge in [-0.25, -0.2) is 0 Å². The molecule has 1 aliphatic rings. The highest BCUT2D eigenvalue weighted by molar-refractivity contribution is 5.92. The number of piperidine rings is 1. The molecule has 0 radical (unpaired) electrons. The van der Waals surface area contributed by atoms with Gasteiger partial charge in [0, 0.05) is 55.7 Å². The lowest BCUT2D eigenvalue weighted by atomic mass is 10.0. The number of nitrogens with one attached hydrogen (secondary N) is 1. The highest BCUT2D eigenvalue weighted by Crippen LogP contribution is 2.23. The fourth-order valence-electron chi connectivity index (χ4n) is 3.68. The maximum Gasteiger partial charge on any atom is 0.244 e. The highest BCUT2D eigenvalue weighted by Gasteiger charge is 2.23. The molecule has 1 N–H and O–H groups in total. The van der Waals surface area contributed by atoms with Crippen molar-refractivity contribution in [3.05, 3.63) is 48.9 Å². The summed E-state index contributed by atoms with van der Waals surface area (Å²) in [7, 11) is 0. The predicted octanol–water partition coefficient (Wildman–Crippen LogP) is 2.66. The molecule has 1 aromatic carbocycles. The molecule has 7 heteroatoms. The number of benzene rings is 1. The molecular formula is C20H23N5O2. The number of rotatable bonds is 4. The Bertz CT molecular complexity index is 952. The third kappa shape index (κ3) is 3.86. The lowest BCUT2D eigenvalue weighted by Gasteiger charge is -2.32. The number of carbonyl (C=O) groups excluding carboxylic acids is 2. The molecule has 0 aliphatic carbocycles. The minimum Gasteiger partial charge on any atom is -0.351 e. The van der Waals surface area contributed by atoms with Crippen LogP contribution in [0.3, 0.4) is 0 Å². The van der Waals surface area contributed by atoms with E-state index >= 15 is 0 Å². The van der Waals surface area contributed by atoms with Crippen molar-refractivity contribution in [3.63, 3.8) is 0 Å². The number of likely N-dealkylation sites (tertiary alicyclic amines) is 1. The molecule has 0 atom stereocenters. The Balaban J connectivity index is 1.38. The van der Waals surface area contributed by atoms with Crippen LogP contribution < -0.4 is 5.32 Å². The number of nitrogens with zero attached hydrogens (tertiary/aromatic N) is 4. The van der Waals surface area contributed by atoms with E-state index in [2.05, 4.69) is 27.4 Å². The van der Waals surface area contributed by atoms with Crippen molar-refractivity contribution in [3.8, 4) is 0 Å². The molecular weight excluding hydrogens is 342 g/mol. The molecule has 0 unspecified atom stereocenters. The Hall–Kier alpha value is -3.09. The second-order valence-corrected chi connectivity index (χ2v) is 7.02. The number of anilines is 1. The molecule has 3 aromatic rings. The van der Waals surface area contributed by atoms with Gasteiger partial charge in [0.15, 0.2) is 0 Å². The van der Waals surface area contributed by atoms with Gasteiger partial charge in [-0.2, -0.15) is 5.10 Å². The standard InChI is InChI=1S/C20H23N5O2/c1-15(26)21-17-4-5-19-16(12-17)13-25(22-19)14-20(27)24-10-6-18(7-11-24)23-8-2-3-9-23/h2-5,8-9,12-13,18H,6-7,10-11,14H2,1H3,(H,21,26). The first kappa shape index (κ1) is 17.3. The van der Waals surface area contributed by atoms with Crippen molar-refractivity contribution in [2.24, 2.45) is 0 Å². The minimum atomic E-state index is -0.111. The van der Waals surface area contributed by atoms with Gasteiger partial charge in [-0.3, -0.25) is 14.3 Å². The van der Waals surface area contributed by atoms with Crippen molar-refractivity contribution < 1.29 is 9.59 Å². The Morgan fingerprint density at radius 3 is 2.63 bits per heavy atom. The number of fused-ring (bicyclic) bond motifs is 1. The lowest BCUT2D eigenvalue weighted by molar-refractivity contribution is -0.133. The molecule has 0 saturated carbocycles. The largest absolute Gasteiger partial charge is 0.351 e. The van der Waals surface area contributed by atoms with E-state index in [0.29, 0.717) is 6.04 Å². The Kier molecular flexibility index (Phi) is 4.66. The summed E-state index contributed by atoms with van der Waals surface area (Å²) in [5.41, 5.74) is 1.54. The first-order chi connectivity index (χ1) is 13.1. The highest BCUT2D eigenvalue weighted by atomic mass is 16.2. The topological polar surface area (TPSA) is 72.2 Å². The SMILES string of the molecule is CC(=O)Nc1ccc2nn(CC(=O)N3CCC(n4cccc4)CC3)cc2c1. The van der Waals surface area contributed by atoms with E-state index in [9.17, 15) is 9.59 Å². The third-order valence-electron chi connectivity index (χ3n) is 5.04. The van der Waals surface area contributed by atoms with Crippen molar-refractivity contribution >= 4 is 28.4 Å². The molecule has 0 bridgehead atoms. The number of amides is 2. The second-order valence-electron chi connectivity index (χ2n) is 7.02. The third-order valence-corrected chi connectivity index (χ3v) is 5.04. The molecule has 2 aromatic heterocycles. The second kappa shape index (κ2) is 7.26. The van der Waals surface area contributed by atoms with Crippen molar-refractivity contribution in [1.29, 1.82) is 0 Å². The van der Waals surface area contributed by atoms with E-state index < -0.39 is 0 Å². The zero-order valence-electron chi connectivity index (χ0n) is 15.3. The smallest absolute Gasteiger partial charge is 0.244 e. The molecule has 1 saturated heterocycles. The first-order valence-corrected chi connectivity index (χ1v) is 9.23. The zero-order chi connectivity index (χ0) is 18.8. The van der Waals surface area contributed by atoms with Crippen LogP contribution in [-0.4, -0.2) is 44.2 Å². The van der Waals surface area contributed by atoms with E-state index in [-0.39, 0.29) is 18.4 Å². The molecule has 1 fully saturated rings. The van der Waals surface area contributed by atoms with Crippen LogP contribution >= 0.6 is 0 Å². The van der Waals surface area contributed by atoms with Crippen LogP contribution in [0.1, 0.15) is 25.8 Å². The fourth-order valence-corrected chi connectivity index (χ4v) is 3.68. The van der Waals surface area contributed by atoms with Gasteiger partial charge in [-0.1, -0.05) is 0 Å². The molecule has 4 rings (SSSR count). The van der Waals surface area contributed by atoms with E-state index in [1.54, 1.807) is 4.68 Å². The quantitative estimate of drug-likeness (QED) is 0.773. The lowest BCUT2D eigenvalue weighted by Crippen LogP contribution is -2.40. The van der Waals surface area contributed by atoms with E-state index in [1.165, 1.54) is 6.92 Å². The Morgan fingerprint density at radius 1 is 1.19 bits per heavy atom. The van der Waals surface area contributed by atoms with E-state index in [1.807, 2.05) is 41.4 Å². The number of hydrogen-bond acceptors (Lipinski definition) is 3. The van der Waals surface area contributed by atoms with Crippen molar-refractivity contribution in [2.75, 3.05) is 18.4 Å². The summed E-state index contributed by atoms with van der Waals surface area (Å²) in [6.45, 7) is 3.26. The van der Waals surface area contributed by atoms with E-state index in [4.69, 9.17) is 0 Å². The molecule has 27 heavy (non-hydrogen) atoms. The normalized spacial score (nSPS) is 15.2. The molecule has 2 amide bonds. The monoisotopic (exact) mass is 365 g/mol. The van der Waals surface area contributed by atoms with Crippen LogP contribution in [0.4, 0.5) is 5.69 Å². The van der Waals surface area contributed by atoms with Crippen LogP contribution in [0.15, 0.2) is 48.9 Å². The minimum absolute atomic E-state index is 0.0934. The maximum atomic E-state index is 12.7. The average Bonchev–Trinajstić information content (AvgIpc) is 3.30. The van der Waals surface area contributed by atoms with Crippen LogP contribution in [0.25, 0.3) is 10.9 Å². The number of hydrogen-bond donors (Lipinski definition) is 1. The fraction of sp³-hybridized carbons (Fsp3) is 0.350. The predicted molar refractivity (Wildman–Crippen MR) is 103 cm³/mol. The van der Waals surface area contributed by atoms with Crippen LogP contribution in [-0.2, 0) is 16.1 Å². The summed E-state index contributed by atoms with van der Waals surface area (Å²) >= 11 is 0. The number of carbonyl (C=O) groups is 2. The summed E-state index contributed by atoms with van der Waals surface area (Å²) in [5.74, 6) is -0.0175. The van der Waals surface area contributed by atoms with Gasteiger partial charge in [0.1, 0.15) is 6.54 Å². The van der Waals surface area contributed by atoms with Gasteiger partial charge in [0.2, 0.25) is 11.8 Å². The molecule has 1 aliphatic heterocycles. The maximum absolute atomic E-state index is 12.7. The van der Waals surface area contributed by atoms with E-state index in [0.717, 1.165) is 42.5 Å². The molecule has 140 valence electrons. The summed E-state index contributed by atoms with van der Waals surface area (Å²) in [6.07, 6.45) is 7.98. The first-order valence-electron chi connectivity index (χ1n) is 9.23. The van der Waals surface area contributed by atoms with Crippen LogP contribution in [0.5, 0.6) is 0 Å². The van der Waals surface area contributed by atoms with Gasteiger partial charge >= 0.3 is 0 Å². The van der Waals surface area contributed by atoms with Crippen LogP contribution in [0.2, 0.25) is 0 Å². The zero-order valence-corrected chi connectivity index (χ0v) is 15.3. The summed E-state index contributed by atoms with van der Waals surface area (Å²) in [5, 5.41) is 8.14. The van der Waals surface area contributed by atoms with Crippen LogP contribution in [0, 0.1) is 0 Å². The molecule has 7 nitrogen and oxygen atoms in total. The molecule has 3 heterocycles.